The molecule has 28 heavy (non-hydrogen) atoms. The highest BCUT2D eigenvalue weighted by Crippen LogP contribution is 2.08. The molecular formula is C19H38N2O7. The zero-order chi connectivity index (χ0) is 22.0. The van der Waals surface area contributed by atoms with Crippen LogP contribution in [0.4, 0.5) is 9.59 Å². The number of nitrogens with one attached hydrogen (secondary N) is 2. The Hall–Kier alpha value is -1.58. The van der Waals surface area contributed by atoms with E-state index in [0.717, 1.165) is 0 Å². The summed E-state index contributed by atoms with van der Waals surface area (Å²) in [6.07, 6.45) is -1.58. The van der Waals surface area contributed by atoms with Crippen LogP contribution in [0, 0.1) is 0 Å². The van der Waals surface area contributed by atoms with Crippen molar-refractivity contribution in [1.82, 2.24) is 10.6 Å². The third-order valence-electron chi connectivity index (χ3n) is 2.98. The number of alkyl carbamates (subject to hydrolysis) is 2. The molecule has 166 valence electrons. The Labute approximate surface area is 168 Å². The largest absolute Gasteiger partial charge is 0.444 e. The third-order valence-corrected chi connectivity index (χ3v) is 2.98. The molecule has 2 amide bonds. The molecule has 0 heterocycles. The monoisotopic (exact) mass is 406 g/mol. The van der Waals surface area contributed by atoms with Crippen LogP contribution in [-0.4, -0.2) is 73.1 Å². The maximum absolute atomic E-state index is 11.7. The number of hydrogen-bond acceptors (Lipinski definition) is 7. The summed E-state index contributed by atoms with van der Waals surface area (Å²) >= 11 is 0. The standard InChI is InChI=1S/C19H38N2O7/c1-13(20-16(23)27-18(3,4)5)10-25-12-15(9-22)26-11-14(2)21-17(24)28-19(6,7)8/h13-15,22H,9-12H2,1-8H3,(H,20,23)(H,21,24). The van der Waals surface area contributed by atoms with Gasteiger partial charge in [-0.3, -0.25) is 0 Å². The van der Waals surface area contributed by atoms with E-state index in [1.165, 1.54) is 0 Å². The molecule has 3 unspecified atom stereocenters. The molecule has 0 rings (SSSR count). The van der Waals surface area contributed by atoms with E-state index in [2.05, 4.69) is 10.6 Å². The first kappa shape index (κ1) is 26.4. The van der Waals surface area contributed by atoms with E-state index >= 15 is 0 Å². The molecule has 0 bridgehead atoms. The van der Waals surface area contributed by atoms with Crippen molar-refractivity contribution in [2.24, 2.45) is 0 Å². The molecule has 9 heteroatoms. The second kappa shape index (κ2) is 12.1. The zero-order valence-corrected chi connectivity index (χ0v) is 18.5. The van der Waals surface area contributed by atoms with Gasteiger partial charge in [0.05, 0.1) is 38.5 Å². The minimum Gasteiger partial charge on any atom is -0.444 e. The van der Waals surface area contributed by atoms with Crippen LogP contribution >= 0.6 is 0 Å². The van der Waals surface area contributed by atoms with E-state index in [4.69, 9.17) is 18.9 Å². The van der Waals surface area contributed by atoms with Gasteiger partial charge in [-0.25, -0.2) is 9.59 Å². The minimum atomic E-state index is -0.573. The number of aliphatic hydroxyl groups is 1. The Morgan fingerprint density at radius 2 is 1.25 bits per heavy atom. The van der Waals surface area contributed by atoms with Crippen molar-refractivity contribution in [3.8, 4) is 0 Å². The number of aliphatic hydroxyl groups excluding tert-OH is 1. The maximum atomic E-state index is 11.7. The Bertz CT molecular complexity index is 472. The van der Waals surface area contributed by atoms with Crippen molar-refractivity contribution in [3.05, 3.63) is 0 Å². The summed E-state index contributed by atoms with van der Waals surface area (Å²) in [5, 5.41) is 14.7. The Balaban J connectivity index is 4.09. The molecule has 0 aliphatic rings. The van der Waals surface area contributed by atoms with Gasteiger partial charge in [0, 0.05) is 0 Å². The van der Waals surface area contributed by atoms with Gasteiger partial charge in [0.25, 0.3) is 0 Å². The lowest BCUT2D eigenvalue weighted by atomic mass is 10.2. The Morgan fingerprint density at radius 1 is 0.821 bits per heavy atom. The van der Waals surface area contributed by atoms with Crippen LogP contribution in [0.5, 0.6) is 0 Å². The topological polar surface area (TPSA) is 115 Å². The number of ether oxygens (including phenoxy) is 4. The third kappa shape index (κ3) is 15.5. The molecule has 3 N–H and O–H groups in total. The summed E-state index contributed by atoms with van der Waals surface area (Å²) in [4.78, 5) is 23.4. The van der Waals surface area contributed by atoms with Crippen molar-refractivity contribution >= 4 is 12.2 Å². The Kier molecular flexibility index (Phi) is 11.4. The molecule has 0 aromatic carbocycles. The first-order valence-corrected chi connectivity index (χ1v) is 9.51. The fourth-order valence-corrected chi connectivity index (χ4v) is 1.91. The van der Waals surface area contributed by atoms with Gasteiger partial charge < -0.3 is 34.7 Å². The summed E-state index contributed by atoms with van der Waals surface area (Å²) in [5.41, 5.74) is -1.14. The summed E-state index contributed by atoms with van der Waals surface area (Å²) in [5.74, 6) is 0. The van der Waals surface area contributed by atoms with Crippen LogP contribution in [-0.2, 0) is 18.9 Å². The van der Waals surface area contributed by atoms with E-state index in [9.17, 15) is 14.7 Å². The summed E-state index contributed by atoms with van der Waals surface area (Å²) < 4.78 is 21.4. The van der Waals surface area contributed by atoms with Crippen LogP contribution in [0.15, 0.2) is 0 Å². The summed E-state index contributed by atoms with van der Waals surface area (Å²) in [7, 11) is 0. The average molecular weight is 407 g/mol. The highest BCUT2D eigenvalue weighted by atomic mass is 16.6. The molecule has 0 saturated heterocycles. The van der Waals surface area contributed by atoms with E-state index in [0.29, 0.717) is 0 Å². The smallest absolute Gasteiger partial charge is 0.407 e. The predicted octanol–water partition coefficient (Wildman–Crippen LogP) is 2.21. The second-order valence-electron chi connectivity index (χ2n) is 8.77. The van der Waals surface area contributed by atoms with Gasteiger partial charge in [0.1, 0.15) is 17.3 Å². The summed E-state index contributed by atoms with van der Waals surface area (Å²) in [6.45, 7) is 14.6. The normalized spacial score (nSPS) is 15.3. The molecule has 0 radical (unpaired) electrons. The minimum absolute atomic E-state index is 0.149. The average Bonchev–Trinajstić information content (AvgIpc) is 2.46. The summed E-state index contributed by atoms with van der Waals surface area (Å²) in [6, 6.07) is -0.557. The molecule has 0 spiro atoms. The molecule has 0 aliphatic carbocycles. The van der Waals surface area contributed by atoms with Crippen LogP contribution in [0.3, 0.4) is 0 Å². The van der Waals surface area contributed by atoms with Crippen LogP contribution in [0.25, 0.3) is 0 Å². The molecule has 0 aromatic rings. The molecule has 0 saturated carbocycles. The number of carbonyl (C=O) groups is 2. The van der Waals surface area contributed by atoms with Gasteiger partial charge in [0.15, 0.2) is 0 Å². The molecule has 9 nitrogen and oxygen atoms in total. The van der Waals surface area contributed by atoms with Crippen molar-refractivity contribution in [3.63, 3.8) is 0 Å². The van der Waals surface area contributed by atoms with Gasteiger partial charge in [-0.1, -0.05) is 0 Å². The SMILES string of the molecule is CC(COCC(CO)OCC(C)NC(=O)OC(C)(C)C)NC(=O)OC(C)(C)C. The number of hydrogen-bond donors (Lipinski definition) is 3. The lowest BCUT2D eigenvalue weighted by Crippen LogP contribution is -2.42. The quantitative estimate of drug-likeness (QED) is 0.509. The van der Waals surface area contributed by atoms with Crippen LogP contribution in [0.1, 0.15) is 55.4 Å². The van der Waals surface area contributed by atoms with Crippen LogP contribution in [0.2, 0.25) is 0 Å². The second-order valence-corrected chi connectivity index (χ2v) is 8.77. The zero-order valence-electron chi connectivity index (χ0n) is 18.5. The van der Waals surface area contributed by atoms with E-state index in [-0.39, 0.29) is 38.5 Å². The number of rotatable bonds is 10. The first-order chi connectivity index (χ1) is 12.7. The van der Waals surface area contributed by atoms with Crippen molar-refractivity contribution < 1.29 is 33.6 Å². The number of amides is 2. The lowest BCUT2D eigenvalue weighted by molar-refractivity contribution is -0.0504. The molecule has 0 fully saturated rings. The first-order valence-electron chi connectivity index (χ1n) is 9.51. The highest BCUT2D eigenvalue weighted by Gasteiger charge is 2.20. The molecule has 0 aliphatic heterocycles. The molecule has 3 atom stereocenters. The fraction of sp³-hybridized carbons (Fsp3) is 0.895. The predicted molar refractivity (Wildman–Crippen MR) is 105 cm³/mol. The highest BCUT2D eigenvalue weighted by molar-refractivity contribution is 5.68. The number of carbonyl (C=O) groups excluding carboxylic acids is 2. The Morgan fingerprint density at radius 3 is 1.64 bits per heavy atom. The van der Waals surface area contributed by atoms with Gasteiger partial charge in [-0.2, -0.15) is 0 Å². The lowest BCUT2D eigenvalue weighted by Gasteiger charge is -2.24. The van der Waals surface area contributed by atoms with Crippen molar-refractivity contribution in [1.29, 1.82) is 0 Å². The van der Waals surface area contributed by atoms with Crippen molar-refractivity contribution in [2.75, 3.05) is 26.4 Å². The van der Waals surface area contributed by atoms with E-state index in [1.807, 2.05) is 0 Å². The fourth-order valence-electron chi connectivity index (χ4n) is 1.91. The van der Waals surface area contributed by atoms with Gasteiger partial charge >= 0.3 is 12.2 Å². The van der Waals surface area contributed by atoms with E-state index < -0.39 is 29.5 Å². The van der Waals surface area contributed by atoms with Gasteiger partial charge in [0.2, 0.25) is 0 Å². The molecular weight excluding hydrogens is 368 g/mol. The van der Waals surface area contributed by atoms with E-state index in [1.54, 1.807) is 55.4 Å². The van der Waals surface area contributed by atoms with Gasteiger partial charge in [-0.05, 0) is 55.4 Å². The maximum Gasteiger partial charge on any atom is 0.407 e. The van der Waals surface area contributed by atoms with Gasteiger partial charge in [-0.15, -0.1) is 0 Å². The molecule has 0 aromatic heterocycles. The van der Waals surface area contributed by atoms with Crippen LogP contribution < -0.4 is 10.6 Å². The van der Waals surface area contributed by atoms with Crippen molar-refractivity contribution in [2.45, 2.75) is 84.8 Å².